The molecular weight excluding hydrogens is 236 g/mol. The van der Waals surface area contributed by atoms with Crippen LogP contribution in [-0.4, -0.2) is 17.1 Å². The lowest BCUT2D eigenvalue weighted by Gasteiger charge is -2.06. The summed E-state index contributed by atoms with van der Waals surface area (Å²) in [6.45, 7) is 4.14. The van der Waals surface area contributed by atoms with Crippen molar-refractivity contribution in [3.8, 4) is 17.1 Å². The summed E-state index contributed by atoms with van der Waals surface area (Å²) in [5.41, 5.74) is 5.44. The monoisotopic (exact) mass is 252 g/mol. The van der Waals surface area contributed by atoms with Crippen LogP contribution in [0.5, 0.6) is 5.75 Å². The molecule has 1 N–H and O–H groups in total. The van der Waals surface area contributed by atoms with Crippen molar-refractivity contribution in [1.82, 2.24) is 9.97 Å². The first-order chi connectivity index (χ1) is 9.17. The largest absolute Gasteiger partial charge is 0.496 e. The molecule has 3 rings (SSSR count). The average molecular weight is 252 g/mol. The molecule has 0 unspecified atom stereocenters. The van der Waals surface area contributed by atoms with Gasteiger partial charge in [-0.05, 0) is 43.7 Å². The summed E-state index contributed by atoms with van der Waals surface area (Å²) in [6.07, 6.45) is 0. The zero-order valence-corrected chi connectivity index (χ0v) is 11.3. The lowest BCUT2D eigenvalue weighted by Crippen LogP contribution is -1.90. The number of aromatic amines is 1. The maximum absolute atomic E-state index is 5.41. The van der Waals surface area contributed by atoms with Crippen LogP contribution in [-0.2, 0) is 0 Å². The fourth-order valence-corrected chi connectivity index (χ4v) is 2.26. The fraction of sp³-hybridized carbons (Fsp3) is 0.188. The SMILES string of the molecule is COc1ccc(C)cc1-c1nc2ccc(C)cc2[nH]1. The molecule has 0 aliphatic heterocycles. The normalized spacial score (nSPS) is 10.9. The molecule has 19 heavy (non-hydrogen) atoms. The molecule has 0 saturated carbocycles. The zero-order valence-electron chi connectivity index (χ0n) is 11.3. The Morgan fingerprint density at radius 3 is 2.53 bits per heavy atom. The van der Waals surface area contributed by atoms with Gasteiger partial charge < -0.3 is 9.72 Å². The van der Waals surface area contributed by atoms with Gasteiger partial charge in [-0.2, -0.15) is 0 Å². The third-order valence-corrected chi connectivity index (χ3v) is 3.25. The molecule has 3 heteroatoms. The average Bonchev–Trinajstić information content (AvgIpc) is 2.81. The van der Waals surface area contributed by atoms with Crippen LogP contribution < -0.4 is 4.74 Å². The van der Waals surface area contributed by atoms with Gasteiger partial charge in [-0.15, -0.1) is 0 Å². The Morgan fingerprint density at radius 1 is 1.00 bits per heavy atom. The van der Waals surface area contributed by atoms with Crippen LogP contribution in [0.4, 0.5) is 0 Å². The van der Waals surface area contributed by atoms with E-state index in [1.165, 1.54) is 11.1 Å². The highest BCUT2D eigenvalue weighted by Crippen LogP contribution is 2.30. The molecule has 0 bridgehead atoms. The summed E-state index contributed by atoms with van der Waals surface area (Å²) in [5, 5.41) is 0. The van der Waals surface area contributed by atoms with Crippen molar-refractivity contribution in [2.75, 3.05) is 7.11 Å². The van der Waals surface area contributed by atoms with Crippen molar-refractivity contribution in [2.45, 2.75) is 13.8 Å². The molecule has 0 saturated heterocycles. The summed E-state index contributed by atoms with van der Waals surface area (Å²) in [6, 6.07) is 12.3. The Balaban J connectivity index is 2.21. The van der Waals surface area contributed by atoms with Crippen LogP contribution >= 0.6 is 0 Å². The van der Waals surface area contributed by atoms with Crippen LogP contribution in [0, 0.1) is 13.8 Å². The van der Waals surface area contributed by atoms with Gasteiger partial charge >= 0.3 is 0 Å². The predicted octanol–water partition coefficient (Wildman–Crippen LogP) is 3.86. The number of hydrogen-bond donors (Lipinski definition) is 1. The number of ether oxygens (including phenoxy) is 1. The molecule has 2 aromatic carbocycles. The highest BCUT2D eigenvalue weighted by molar-refractivity contribution is 5.81. The number of benzene rings is 2. The Bertz CT molecular complexity index is 744. The van der Waals surface area contributed by atoms with Crippen molar-refractivity contribution in [2.24, 2.45) is 0 Å². The molecule has 1 heterocycles. The summed E-state index contributed by atoms with van der Waals surface area (Å²) in [7, 11) is 1.68. The van der Waals surface area contributed by atoms with E-state index in [4.69, 9.17) is 4.74 Å². The minimum atomic E-state index is 0.835. The first-order valence-corrected chi connectivity index (χ1v) is 6.29. The Morgan fingerprint density at radius 2 is 1.74 bits per heavy atom. The van der Waals surface area contributed by atoms with E-state index < -0.39 is 0 Å². The van der Waals surface area contributed by atoms with Gasteiger partial charge in [0, 0.05) is 0 Å². The first-order valence-electron chi connectivity index (χ1n) is 6.29. The number of fused-ring (bicyclic) bond motifs is 1. The van der Waals surface area contributed by atoms with Crippen LogP contribution in [0.2, 0.25) is 0 Å². The van der Waals surface area contributed by atoms with E-state index in [0.29, 0.717) is 0 Å². The van der Waals surface area contributed by atoms with Crippen LogP contribution in [0.15, 0.2) is 36.4 Å². The molecule has 0 fully saturated rings. The lowest BCUT2D eigenvalue weighted by molar-refractivity contribution is 0.416. The van der Waals surface area contributed by atoms with Gasteiger partial charge in [-0.3, -0.25) is 0 Å². The molecule has 0 atom stereocenters. The van der Waals surface area contributed by atoms with E-state index in [1.807, 2.05) is 18.2 Å². The number of imidazole rings is 1. The van der Waals surface area contributed by atoms with Crippen molar-refractivity contribution in [3.05, 3.63) is 47.5 Å². The number of nitrogens with one attached hydrogen (secondary N) is 1. The van der Waals surface area contributed by atoms with Crippen molar-refractivity contribution >= 4 is 11.0 Å². The number of aromatic nitrogens is 2. The Kier molecular flexibility index (Phi) is 2.75. The highest BCUT2D eigenvalue weighted by atomic mass is 16.5. The second-order valence-electron chi connectivity index (χ2n) is 4.81. The molecule has 3 aromatic rings. The number of H-pyrrole nitrogens is 1. The minimum absolute atomic E-state index is 0.835. The van der Waals surface area contributed by atoms with E-state index in [-0.39, 0.29) is 0 Å². The molecule has 96 valence electrons. The summed E-state index contributed by atoms with van der Waals surface area (Å²) >= 11 is 0. The summed E-state index contributed by atoms with van der Waals surface area (Å²) in [4.78, 5) is 8.00. The smallest absolute Gasteiger partial charge is 0.142 e. The van der Waals surface area contributed by atoms with E-state index >= 15 is 0 Å². The zero-order chi connectivity index (χ0) is 13.4. The van der Waals surface area contributed by atoms with Gasteiger partial charge in [0.1, 0.15) is 11.6 Å². The number of aryl methyl sites for hydroxylation is 2. The number of methoxy groups -OCH3 is 1. The van der Waals surface area contributed by atoms with E-state index in [0.717, 1.165) is 28.2 Å². The topological polar surface area (TPSA) is 37.9 Å². The predicted molar refractivity (Wildman–Crippen MR) is 77.6 cm³/mol. The van der Waals surface area contributed by atoms with Gasteiger partial charge in [0.05, 0.1) is 23.7 Å². The van der Waals surface area contributed by atoms with Crippen molar-refractivity contribution < 1.29 is 4.74 Å². The number of hydrogen-bond acceptors (Lipinski definition) is 2. The van der Waals surface area contributed by atoms with E-state index in [2.05, 4.69) is 42.0 Å². The third-order valence-electron chi connectivity index (χ3n) is 3.25. The molecule has 1 aromatic heterocycles. The maximum atomic E-state index is 5.41. The fourth-order valence-electron chi connectivity index (χ4n) is 2.26. The van der Waals surface area contributed by atoms with E-state index in [1.54, 1.807) is 7.11 Å². The van der Waals surface area contributed by atoms with E-state index in [9.17, 15) is 0 Å². The van der Waals surface area contributed by atoms with Crippen molar-refractivity contribution in [1.29, 1.82) is 0 Å². The molecule has 0 aliphatic rings. The molecule has 3 nitrogen and oxygen atoms in total. The number of nitrogens with zero attached hydrogens (tertiary/aromatic N) is 1. The third kappa shape index (κ3) is 2.08. The van der Waals surface area contributed by atoms with Crippen LogP contribution in [0.25, 0.3) is 22.4 Å². The van der Waals surface area contributed by atoms with Gasteiger partial charge in [-0.1, -0.05) is 17.7 Å². The second kappa shape index (κ2) is 4.43. The van der Waals surface area contributed by atoms with Crippen molar-refractivity contribution in [3.63, 3.8) is 0 Å². The lowest BCUT2D eigenvalue weighted by atomic mass is 10.1. The summed E-state index contributed by atoms with van der Waals surface area (Å²) in [5.74, 6) is 1.68. The van der Waals surface area contributed by atoms with Gasteiger partial charge in [-0.25, -0.2) is 4.98 Å². The molecule has 0 spiro atoms. The maximum Gasteiger partial charge on any atom is 0.142 e. The van der Waals surface area contributed by atoms with Gasteiger partial charge in [0.25, 0.3) is 0 Å². The number of rotatable bonds is 2. The Hall–Kier alpha value is -2.29. The molecule has 0 radical (unpaired) electrons. The summed E-state index contributed by atoms with van der Waals surface area (Å²) < 4.78 is 5.41. The van der Waals surface area contributed by atoms with Crippen LogP contribution in [0.3, 0.4) is 0 Å². The molecule has 0 amide bonds. The highest BCUT2D eigenvalue weighted by Gasteiger charge is 2.10. The molecular formula is C16H16N2O. The Labute approximate surface area is 112 Å². The molecule has 0 aliphatic carbocycles. The van der Waals surface area contributed by atoms with Gasteiger partial charge in [0.2, 0.25) is 0 Å². The second-order valence-corrected chi connectivity index (χ2v) is 4.81. The van der Waals surface area contributed by atoms with Crippen LogP contribution in [0.1, 0.15) is 11.1 Å². The van der Waals surface area contributed by atoms with Gasteiger partial charge in [0.15, 0.2) is 0 Å². The minimum Gasteiger partial charge on any atom is -0.496 e. The first kappa shape index (κ1) is 11.8. The quantitative estimate of drug-likeness (QED) is 0.752. The standard InChI is InChI=1S/C16H16N2O/c1-10-5-7-15(19-3)12(8-10)16-17-13-6-4-11(2)9-14(13)18-16/h4-9H,1-3H3,(H,17,18).